The molecule has 0 saturated carbocycles. The average molecular weight is 319 g/mol. The smallest absolute Gasteiger partial charge is 0.223 e. The molecule has 1 aliphatic heterocycles. The fraction of sp³-hybridized carbons (Fsp3) is 0.300. The molecule has 0 radical (unpaired) electrons. The zero-order valence-electron chi connectivity index (χ0n) is 13.9. The van der Waals surface area contributed by atoms with E-state index >= 15 is 0 Å². The van der Waals surface area contributed by atoms with Gasteiger partial charge >= 0.3 is 0 Å². The number of amides is 1. The normalized spacial score (nSPS) is 17.8. The van der Waals surface area contributed by atoms with Crippen LogP contribution in [-0.2, 0) is 18.3 Å². The maximum atomic E-state index is 12.4. The molecular formula is C20H21N3O. The van der Waals surface area contributed by atoms with Crippen LogP contribution in [0, 0.1) is 0 Å². The molecule has 122 valence electrons. The van der Waals surface area contributed by atoms with E-state index in [1.165, 1.54) is 5.56 Å². The summed E-state index contributed by atoms with van der Waals surface area (Å²) in [4.78, 5) is 19.1. The number of benzene rings is 2. The molecule has 4 nitrogen and oxygen atoms in total. The number of imidazole rings is 1. The largest absolute Gasteiger partial charge is 0.342 e. The fourth-order valence-electron chi connectivity index (χ4n) is 3.60. The van der Waals surface area contributed by atoms with Crippen LogP contribution in [0.3, 0.4) is 0 Å². The van der Waals surface area contributed by atoms with Gasteiger partial charge in [0.25, 0.3) is 0 Å². The van der Waals surface area contributed by atoms with Crippen molar-refractivity contribution in [1.29, 1.82) is 0 Å². The molecule has 2 heterocycles. The molecule has 1 amide bonds. The molecule has 0 unspecified atom stereocenters. The SMILES string of the molecule is Cn1c([C@H]2CC(=O)N(CCc3ccccc3)C2)nc2ccccc21. The Morgan fingerprint density at radius 3 is 2.62 bits per heavy atom. The number of fused-ring (bicyclic) bond motifs is 1. The van der Waals surface area contributed by atoms with Gasteiger partial charge in [0.1, 0.15) is 5.82 Å². The van der Waals surface area contributed by atoms with Crippen LogP contribution in [0.2, 0.25) is 0 Å². The minimum Gasteiger partial charge on any atom is -0.342 e. The predicted octanol–water partition coefficient (Wildman–Crippen LogP) is 3.13. The first-order valence-electron chi connectivity index (χ1n) is 8.45. The van der Waals surface area contributed by atoms with Crippen molar-refractivity contribution in [3.8, 4) is 0 Å². The number of likely N-dealkylation sites (tertiary alicyclic amines) is 1. The molecule has 3 aromatic rings. The zero-order chi connectivity index (χ0) is 16.5. The van der Waals surface area contributed by atoms with Gasteiger partial charge < -0.3 is 9.47 Å². The first-order chi connectivity index (χ1) is 11.7. The quantitative estimate of drug-likeness (QED) is 0.741. The maximum absolute atomic E-state index is 12.4. The van der Waals surface area contributed by atoms with Crippen LogP contribution in [0.25, 0.3) is 11.0 Å². The molecule has 1 atom stereocenters. The first-order valence-corrected chi connectivity index (χ1v) is 8.45. The van der Waals surface area contributed by atoms with Crippen molar-refractivity contribution in [2.45, 2.75) is 18.8 Å². The van der Waals surface area contributed by atoms with Crippen LogP contribution >= 0.6 is 0 Å². The first kappa shape index (κ1) is 14.9. The van der Waals surface area contributed by atoms with Gasteiger partial charge in [0.05, 0.1) is 11.0 Å². The van der Waals surface area contributed by atoms with E-state index in [1.807, 2.05) is 48.3 Å². The third-order valence-electron chi connectivity index (χ3n) is 4.91. The Labute approximate surface area is 141 Å². The Morgan fingerprint density at radius 1 is 1.08 bits per heavy atom. The maximum Gasteiger partial charge on any atom is 0.223 e. The summed E-state index contributed by atoms with van der Waals surface area (Å²) < 4.78 is 2.13. The highest BCUT2D eigenvalue weighted by molar-refractivity contribution is 5.80. The number of hydrogen-bond acceptors (Lipinski definition) is 2. The monoisotopic (exact) mass is 319 g/mol. The number of para-hydroxylation sites is 2. The lowest BCUT2D eigenvalue weighted by molar-refractivity contribution is -0.127. The van der Waals surface area contributed by atoms with E-state index in [0.717, 1.165) is 36.4 Å². The molecule has 1 aromatic heterocycles. The van der Waals surface area contributed by atoms with Gasteiger partial charge in [0.15, 0.2) is 0 Å². The van der Waals surface area contributed by atoms with E-state index in [4.69, 9.17) is 4.98 Å². The van der Waals surface area contributed by atoms with E-state index in [2.05, 4.69) is 22.8 Å². The highest BCUT2D eigenvalue weighted by atomic mass is 16.2. The predicted molar refractivity (Wildman–Crippen MR) is 94.8 cm³/mol. The van der Waals surface area contributed by atoms with E-state index in [9.17, 15) is 4.79 Å². The lowest BCUT2D eigenvalue weighted by Gasteiger charge is -2.16. The molecule has 1 aliphatic rings. The Morgan fingerprint density at radius 2 is 1.83 bits per heavy atom. The number of aromatic nitrogens is 2. The number of carbonyl (C=O) groups excluding carboxylic acids is 1. The van der Waals surface area contributed by atoms with Crippen molar-refractivity contribution in [3.05, 3.63) is 66.0 Å². The molecule has 1 saturated heterocycles. The van der Waals surface area contributed by atoms with E-state index in [-0.39, 0.29) is 11.8 Å². The van der Waals surface area contributed by atoms with Gasteiger partial charge in [-0.05, 0) is 24.1 Å². The molecule has 0 spiro atoms. The number of aryl methyl sites for hydroxylation is 1. The van der Waals surface area contributed by atoms with E-state index in [0.29, 0.717) is 6.42 Å². The molecule has 4 rings (SSSR count). The number of hydrogen-bond donors (Lipinski definition) is 0. The van der Waals surface area contributed by atoms with Gasteiger partial charge in [0.2, 0.25) is 5.91 Å². The summed E-state index contributed by atoms with van der Waals surface area (Å²) in [6, 6.07) is 18.5. The summed E-state index contributed by atoms with van der Waals surface area (Å²) in [5.74, 6) is 1.44. The second-order valence-electron chi connectivity index (χ2n) is 6.49. The Bertz CT molecular complexity index is 869. The molecule has 24 heavy (non-hydrogen) atoms. The number of rotatable bonds is 4. The fourth-order valence-corrected chi connectivity index (χ4v) is 3.60. The van der Waals surface area contributed by atoms with Crippen molar-refractivity contribution in [2.24, 2.45) is 7.05 Å². The number of nitrogens with zero attached hydrogens (tertiary/aromatic N) is 3. The van der Waals surface area contributed by atoms with Crippen molar-refractivity contribution in [1.82, 2.24) is 14.5 Å². The standard InChI is InChI=1S/C20H21N3O/c1-22-18-10-6-5-9-17(18)21-20(22)16-13-19(24)23(14-16)12-11-15-7-3-2-4-8-15/h2-10,16H,11-14H2,1H3/t16-/m0/s1. The lowest BCUT2D eigenvalue weighted by Crippen LogP contribution is -2.27. The van der Waals surface area contributed by atoms with Gasteiger partial charge in [0, 0.05) is 32.5 Å². The zero-order valence-corrected chi connectivity index (χ0v) is 13.9. The van der Waals surface area contributed by atoms with Crippen LogP contribution in [0.5, 0.6) is 0 Å². The summed E-state index contributed by atoms with van der Waals surface area (Å²) in [6.45, 7) is 1.55. The van der Waals surface area contributed by atoms with Crippen molar-refractivity contribution in [3.63, 3.8) is 0 Å². The third kappa shape index (κ3) is 2.68. The van der Waals surface area contributed by atoms with Gasteiger partial charge in [-0.3, -0.25) is 4.79 Å². The highest BCUT2D eigenvalue weighted by Gasteiger charge is 2.33. The second kappa shape index (κ2) is 6.11. The summed E-state index contributed by atoms with van der Waals surface area (Å²) >= 11 is 0. The lowest BCUT2D eigenvalue weighted by atomic mass is 10.1. The van der Waals surface area contributed by atoms with E-state index in [1.54, 1.807) is 0 Å². The van der Waals surface area contributed by atoms with Crippen LogP contribution in [-0.4, -0.2) is 33.4 Å². The van der Waals surface area contributed by atoms with Gasteiger partial charge in [-0.15, -0.1) is 0 Å². The number of carbonyl (C=O) groups is 1. The topological polar surface area (TPSA) is 38.1 Å². The minimum absolute atomic E-state index is 0.186. The third-order valence-corrected chi connectivity index (χ3v) is 4.91. The van der Waals surface area contributed by atoms with Crippen molar-refractivity contribution >= 4 is 16.9 Å². The van der Waals surface area contributed by atoms with Gasteiger partial charge in [-0.2, -0.15) is 0 Å². The molecule has 1 fully saturated rings. The molecule has 4 heteroatoms. The van der Waals surface area contributed by atoms with Crippen LogP contribution in [0.4, 0.5) is 0 Å². The van der Waals surface area contributed by atoms with Crippen LogP contribution < -0.4 is 0 Å². The molecule has 0 aliphatic carbocycles. The second-order valence-corrected chi connectivity index (χ2v) is 6.49. The molecule has 0 N–H and O–H groups in total. The summed E-state index contributed by atoms with van der Waals surface area (Å²) in [5.41, 5.74) is 3.41. The van der Waals surface area contributed by atoms with Gasteiger partial charge in [-0.25, -0.2) is 4.98 Å². The van der Waals surface area contributed by atoms with Crippen LogP contribution in [0.1, 0.15) is 23.7 Å². The van der Waals surface area contributed by atoms with Crippen LogP contribution in [0.15, 0.2) is 54.6 Å². The molecule has 0 bridgehead atoms. The summed E-state index contributed by atoms with van der Waals surface area (Å²) in [7, 11) is 2.04. The Balaban J connectivity index is 1.50. The van der Waals surface area contributed by atoms with E-state index < -0.39 is 0 Å². The highest BCUT2D eigenvalue weighted by Crippen LogP contribution is 2.29. The molecule has 2 aromatic carbocycles. The summed E-state index contributed by atoms with van der Waals surface area (Å²) in [5, 5.41) is 0. The Kier molecular flexibility index (Phi) is 3.81. The summed E-state index contributed by atoms with van der Waals surface area (Å²) in [6.07, 6.45) is 1.47. The van der Waals surface area contributed by atoms with Crippen molar-refractivity contribution in [2.75, 3.05) is 13.1 Å². The average Bonchev–Trinajstić information content (AvgIpc) is 3.15. The van der Waals surface area contributed by atoms with Crippen molar-refractivity contribution < 1.29 is 4.79 Å². The molecular weight excluding hydrogens is 298 g/mol. The van der Waals surface area contributed by atoms with Gasteiger partial charge in [-0.1, -0.05) is 42.5 Å². The minimum atomic E-state index is 0.186. The Hall–Kier alpha value is -2.62.